The maximum Gasteiger partial charge on any atom is 0.256 e. The molecule has 0 radical (unpaired) electrons. The Labute approximate surface area is 170 Å². The van der Waals surface area contributed by atoms with Crippen molar-refractivity contribution in [3.63, 3.8) is 0 Å². The number of hydrogen-bond donors (Lipinski definition) is 0. The van der Waals surface area contributed by atoms with E-state index in [1.807, 2.05) is 59.5 Å². The van der Waals surface area contributed by atoms with Crippen molar-refractivity contribution in [2.75, 3.05) is 31.2 Å². The molecule has 148 valence electrons. The fourth-order valence-electron chi connectivity index (χ4n) is 3.39. The van der Waals surface area contributed by atoms with Crippen LogP contribution in [0.1, 0.15) is 21.5 Å². The first-order chi connectivity index (χ1) is 14.3. The quantitative estimate of drug-likeness (QED) is 0.649. The van der Waals surface area contributed by atoms with Gasteiger partial charge in [0.25, 0.3) is 5.91 Å². The second kappa shape index (κ2) is 9.30. The van der Waals surface area contributed by atoms with Crippen LogP contribution >= 0.6 is 0 Å². The van der Waals surface area contributed by atoms with Crippen LogP contribution in [0.5, 0.6) is 0 Å². The lowest BCUT2D eigenvalue weighted by Gasteiger charge is -2.28. The number of benzene rings is 1. The summed E-state index contributed by atoms with van der Waals surface area (Å²) in [4.78, 5) is 26.0. The molecule has 0 bridgehead atoms. The third-order valence-corrected chi connectivity index (χ3v) is 4.93. The molecule has 29 heavy (non-hydrogen) atoms. The molecule has 1 fully saturated rings. The Morgan fingerprint density at radius 3 is 2.38 bits per heavy atom. The summed E-state index contributed by atoms with van der Waals surface area (Å²) in [6.45, 7) is 4.08. The van der Waals surface area contributed by atoms with Crippen LogP contribution in [-0.2, 0) is 17.8 Å². The van der Waals surface area contributed by atoms with Gasteiger partial charge in [0.2, 0.25) is 0 Å². The van der Waals surface area contributed by atoms with E-state index in [2.05, 4.69) is 14.9 Å². The van der Waals surface area contributed by atoms with Crippen molar-refractivity contribution in [1.82, 2.24) is 14.9 Å². The lowest BCUT2D eigenvalue weighted by molar-refractivity contribution is 0.0729. The second-order valence-corrected chi connectivity index (χ2v) is 7.01. The first kappa shape index (κ1) is 19.1. The molecule has 1 amide bonds. The van der Waals surface area contributed by atoms with E-state index in [9.17, 15) is 4.79 Å². The van der Waals surface area contributed by atoms with Gasteiger partial charge in [-0.3, -0.25) is 9.78 Å². The number of carbonyl (C=O) groups excluding carboxylic acids is 1. The minimum Gasteiger partial charge on any atom is -0.378 e. The fraction of sp³-hybridized carbons (Fsp3) is 0.261. The van der Waals surface area contributed by atoms with Gasteiger partial charge in [-0.15, -0.1) is 0 Å². The van der Waals surface area contributed by atoms with Gasteiger partial charge in [0, 0.05) is 44.8 Å². The van der Waals surface area contributed by atoms with Gasteiger partial charge in [-0.05, 0) is 29.3 Å². The van der Waals surface area contributed by atoms with Gasteiger partial charge in [-0.2, -0.15) is 0 Å². The van der Waals surface area contributed by atoms with Gasteiger partial charge in [0.15, 0.2) is 0 Å². The summed E-state index contributed by atoms with van der Waals surface area (Å²) in [6, 6.07) is 17.7. The molecule has 0 spiro atoms. The number of aromatic nitrogens is 2. The standard InChI is InChI=1S/C23H24N4O2/c28-23(21-8-9-22(25-16-21)26-11-13-29-14-12-26)27(17-19-5-2-1-3-6-19)18-20-7-4-10-24-15-20/h1-10,15-16H,11-14,17-18H2. The van der Waals surface area contributed by atoms with Crippen molar-refractivity contribution in [2.24, 2.45) is 0 Å². The number of morpholine rings is 1. The number of anilines is 1. The SMILES string of the molecule is O=C(c1ccc(N2CCOCC2)nc1)N(Cc1ccccc1)Cc1cccnc1. The zero-order valence-corrected chi connectivity index (χ0v) is 16.3. The number of carbonyl (C=O) groups is 1. The highest BCUT2D eigenvalue weighted by atomic mass is 16.5. The van der Waals surface area contributed by atoms with Crippen molar-refractivity contribution in [3.05, 3.63) is 89.9 Å². The molecule has 3 heterocycles. The first-order valence-electron chi connectivity index (χ1n) is 9.80. The normalized spacial score (nSPS) is 13.9. The molecule has 0 aliphatic carbocycles. The van der Waals surface area contributed by atoms with Gasteiger partial charge < -0.3 is 14.5 Å². The molecule has 6 heteroatoms. The van der Waals surface area contributed by atoms with Crippen LogP contribution in [0.2, 0.25) is 0 Å². The molecular weight excluding hydrogens is 364 g/mol. The lowest BCUT2D eigenvalue weighted by Crippen LogP contribution is -2.36. The van der Waals surface area contributed by atoms with Crippen molar-refractivity contribution in [3.8, 4) is 0 Å². The largest absolute Gasteiger partial charge is 0.378 e. The van der Waals surface area contributed by atoms with E-state index in [4.69, 9.17) is 4.74 Å². The summed E-state index contributed by atoms with van der Waals surface area (Å²) in [5.41, 5.74) is 2.67. The topological polar surface area (TPSA) is 58.6 Å². The number of hydrogen-bond acceptors (Lipinski definition) is 5. The highest BCUT2D eigenvalue weighted by Crippen LogP contribution is 2.17. The predicted octanol–water partition coefficient (Wildman–Crippen LogP) is 3.16. The molecule has 1 saturated heterocycles. The summed E-state index contributed by atoms with van der Waals surface area (Å²) >= 11 is 0. The molecule has 3 aromatic rings. The lowest BCUT2D eigenvalue weighted by atomic mass is 10.1. The average Bonchev–Trinajstić information content (AvgIpc) is 2.80. The van der Waals surface area contributed by atoms with Crippen LogP contribution in [0.4, 0.5) is 5.82 Å². The molecule has 1 aromatic carbocycles. The maximum atomic E-state index is 13.3. The van der Waals surface area contributed by atoms with Crippen LogP contribution in [0, 0.1) is 0 Å². The molecule has 0 unspecified atom stereocenters. The Morgan fingerprint density at radius 2 is 1.69 bits per heavy atom. The Kier molecular flexibility index (Phi) is 6.12. The fourth-order valence-corrected chi connectivity index (χ4v) is 3.39. The number of ether oxygens (including phenoxy) is 1. The number of amides is 1. The second-order valence-electron chi connectivity index (χ2n) is 7.01. The predicted molar refractivity (Wildman–Crippen MR) is 112 cm³/mol. The van der Waals surface area contributed by atoms with Crippen LogP contribution in [-0.4, -0.2) is 47.1 Å². The summed E-state index contributed by atoms with van der Waals surface area (Å²) in [7, 11) is 0. The number of nitrogens with zero attached hydrogens (tertiary/aromatic N) is 4. The molecule has 6 nitrogen and oxygen atoms in total. The average molecular weight is 388 g/mol. The number of rotatable bonds is 6. The van der Waals surface area contributed by atoms with Crippen LogP contribution < -0.4 is 4.90 Å². The van der Waals surface area contributed by atoms with E-state index in [1.165, 1.54) is 0 Å². The highest BCUT2D eigenvalue weighted by molar-refractivity contribution is 5.94. The molecule has 0 saturated carbocycles. The van der Waals surface area contributed by atoms with Crippen molar-refractivity contribution in [2.45, 2.75) is 13.1 Å². The van der Waals surface area contributed by atoms with Gasteiger partial charge in [0.05, 0.1) is 18.8 Å². The van der Waals surface area contributed by atoms with E-state index < -0.39 is 0 Å². The zero-order chi connectivity index (χ0) is 19.9. The molecule has 4 rings (SSSR count). The Bertz CT molecular complexity index is 869. The minimum atomic E-state index is -0.0428. The zero-order valence-electron chi connectivity index (χ0n) is 16.3. The van der Waals surface area contributed by atoms with Gasteiger partial charge in [-0.1, -0.05) is 36.4 Å². The third-order valence-electron chi connectivity index (χ3n) is 4.93. The van der Waals surface area contributed by atoms with Crippen LogP contribution in [0.15, 0.2) is 73.2 Å². The third kappa shape index (κ3) is 4.97. The highest BCUT2D eigenvalue weighted by Gasteiger charge is 2.19. The van der Waals surface area contributed by atoms with Crippen molar-refractivity contribution in [1.29, 1.82) is 0 Å². The number of pyridine rings is 2. The molecule has 0 atom stereocenters. The van der Waals surface area contributed by atoms with E-state index >= 15 is 0 Å². The molecular formula is C23H24N4O2. The van der Waals surface area contributed by atoms with Crippen molar-refractivity contribution < 1.29 is 9.53 Å². The molecule has 1 aliphatic rings. The van der Waals surface area contributed by atoms with Crippen LogP contribution in [0.3, 0.4) is 0 Å². The molecule has 2 aromatic heterocycles. The van der Waals surface area contributed by atoms with E-state index in [1.54, 1.807) is 18.6 Å². The molecule has 0 N–H and O–H groups in total. The van der Waals surface area contributed by atoms with Crippen LogP contribution in [0.25, 0.3) is 0 Å². The van der Waals surface area contributed by atoms with E-state index in [0.717, 1.165) is 30.0 Å². The van der Waals surface area contributed by atoms with Gasteiger partial charge >= 0.3 is 0 Å². The summed E-state index contributed by atoms with van der Waals surface area (Å²) in [6.07, 6.45) is 5.21. The Balaban J connectivity index is 1.53. The smallest absolute Gasteiger partial charge is 0.256 e. The summed E-state index contributed by atoms with van der Waals surface area (Å²) < 4.78 is 5.39. The molecule has 1 aliphatic heterocycles. The summed E-state index contributed by atoms with van der Waals surface area (Å²) in [5, 5.41) is 0. The van der Waals surface area contributed by atoms with Gasteiger partial charge in [0.1, 0.15) is 5.82 Å². The monoisotopic (exact) mass is 388 g/mol. The van der Waals surface area contributed by atoms with E-state index in [-0.39, 0.29) is 5.91 Å². The first-order valence-corrected chi connectivity index (χ1v) is 9.80. The van der Waals surface area contributed by atoms with Crippen molar-refractivity contribution >= 4 is 11.7 Å². The maximum absolute atomic E-state index is 13.3. The van der Waals surface area contributed by atoms with E-state index in [0.29, 0.717) is 31.9 Å². The Morgan fingerprint density at radius 1 is 0.931 bits per heavy atom. The Hall–Kier alpha value is -3.25. The van der Waals surface area contributed by atoms with Gasteiger partial charge in [-0.25, -0.2) is 4.98 Å². The summed E-state index contributed by atoms with van der Waals surface area (Å²) in [5.74, 6) is 0.838. The minimum absolute atomic E-state index is 0.0428.